The van der Waals surface area contributed by atoms with Crippen LogP contribution in [0.2, 0.25) is 0 Å². The first-order chi connectivity index (χ1) is 12.0. The summed E-state index contributed by atoms with van der Waals surface area (Å²) in [5.74, 6) is -2.50. The highest BCUT2D eigenvalue weighted by Crippen LogP contribution is 2.32. The minimum atomic E-state index is -3.83. The van der Waals surface area contributed by atoms with Crippen molar-refractivity contribution < 1.29 is 22.7 Å². The zero-order chi connectivity index (χ0) is 19.7. The largest absolute Gasteiger partial charge is 0.379 e. The van der Waals surface area contributed by atoms with Gasteiger partial charge in [0.2, 0.25) is 10.0 Å². The van der Waals surface area contributed by atoms with Crippen molar-refractivity contribution in [2.24, 2.45) is 11.7 Å². The second-order valence-corrected chi connectivity index (χ2v) is 9.34. The highest BCUT2D eigenvalue weighted by molar-refractivity contribution is 7.89. The molecule has 1 aromatic rings. The molecule has 0 bridgehead atoms. The number of aliphatic hydroxyl groups is 1. The molecule has 8 heteroatoms. The Labute approximate surface area is 154 Å². The molecule has 0 aliphatic carbocycles. The number of halogens is 1. The average molecular weight is 386 g/mol. The summed E-state index contributed by atoms with van der Waals surface area (Å²) < 4.78 is 39.9. The third kappa shape index (κ3) is 4.24. The number of rotatable bonds is 6. The molecule has 0 aromatic heterocycles. The third-order valence-electron chi connectivity index (χ3n) is 5.30. The van der Waals surface area contributed by atoms with Gasteiger partial charge in [-0.25, -0.2) is 17.1 Å². The van der Waals surface area contributed by atoms with E-state index in [1.165, 1.54) is 16.4 Å². The van der Waals surface area contributed by atoms with Crippen molar-refractivity contribution in [2.45, 2.75) is 45.1 Å². The van der Waals surface area contributed by atoms with E-state index in [1.54, 1.807) is 19.9 Å². The Morgan fingerprint density at radius 1 is 1.38 bits per heavy atom. The number of sulfonamides is 1. The fourth-order valence-electron chi connectivity index (χ4n) is 3.43. The van der Waals surface area contributed by atoms with Crippen molar-refractivity contribution in [3.63, 3.8) is 0 Å². The van der Waals surface area contributed by atoms with Crippen LogP contribution in [0.5, 0.6) is 0 Å². The lowest BCUT2D eigenvalue weighted by Gasteiger charge is -2.35. The zero-order valence-electron chi connectivity index (χ0n) is 15.4. The molecule has 0 radical (unpaired) electrons. The molecule has 6 nitrogen and oxygen atoms in total. The molecule has 1 atom stereocenters. The zero-order valence-corrected chi connectivity index (χ0v) is 16.2. The van der Waals surface area contributed by atoms with Crippen molar-refractivity contribution >= 4 is 15.9 Å². The number of primary amides is 1. The van der Waals surface area contributed by atoms with E-state index in [9.17, 15) is 22.7 Å². The molecule has 26 heavy (non-hydrogen) atoms. The molecular formula is C18H27FN2O4S. The minimum Gasteiger partial charge on any atom is -0.379 e. The first-order valence-electron chi connectivity index (χ1n) is 8.73. The molecule has 1 aliphatic rings. The monoisotopic (exact) mass is 386 g/mol. The summed E-state index contributed by atoms with van der Waals surface area (Å²) in [6.45, 7) is 5.54. The molecule has 1 saturated heterocycles. The Kier molecular flexibility index (Phi) is 6.09. The number of carbonyl (C=O) groups is 1. The summed E-state index contributed by atoms with van der Waals surface area (Å²) >= 11 is 0. The van der Waals surface area contributed by atoms with E-state index in [1.807, 2.05) is 6.92 Å². The van der Waals surface area contributed by atoms with Crippen molar-refractivity contribution in [1.29, 1.82) is 0 Å². The van der Waals surface area contributed by atoms with Gasteiger partial charge in [0.25, 0.3) is 5.91 Å². The van der Waals surface area contributed by atoms with E-state index >= 15 is 0 Å². The smallest absolute Gasteiger partial charge is 0.250 e. The predicted octanol–water partition coefficient (Wildman–Crippen LogP) is 1.52. The number of nitrogens with two attached hydrogens (primary N) is 1. The maximum Gasteiger partial charge on any atom is 0.250 e. The van der Waals surface area contributed by atoms with Crippen molar-refractivity contribution in [1.82, 2.24) is 4.31 Å². The third-order valence-corrected chi connectivity index (χ3v) is 7.26. The van der Waals surface area contributed by atoms with Crippen molar-refractivity contribution in [2.75, 3.05) is 18.8 Å². The lowest BCUT2D eigenvalue weighted by atomic mass is 9.87. The Morgan fingerprint density at radius 3 is 2.42 bits per heavy atom. The number of piperidine rings is 1. The number of nitrogens with zero attached hydrogens (tertiary/aromatic N) is 1. The molecule has 0 spiro atoms. The normalized spacial score (nSPS) is 19.5. The number of amides is 1. The molecule has 3 N–H and O–H groups in total. The van der Waals surface area contributed by atoms with Gasteiger partial charge in [-0.15, -0.1) is 0 Å². The van der Waals surface area contributed by atoms with Gasteiger partial charge in [0, 0.05) is 13.1 Å². The Balaban J connectivity index is 2.09. The number of benzene rings is 1. The first kappa shape index (κ1) is 20.8. The first-order valence-corrected chi connectivity index (χ1v) is 10.3. The summed E-state index contributed by atoms with van der Waals surface area (Å²) in [6.07, 6.45) is 1.20. The molecule has 0 saturated carbocycles. The average Bonchev–Trinajstić information content (AvgIpc) is 2.54. The van der Waals surface area contributed by atoms with E-state index in [2.05, 4.69) is 0 Å². The fraction of sp³-hybridized carbons (Fsp3) is 0.611. The van der Waals surface area contributed by atoms with Crippen molar-refractivity contribution in [3.05, 3.63) is 35.1 Å². The van der Waals surface area contributed by atoms with Gasteiger partial charge in [-0.05, 0) is 54.9 Å². The van der Waals surface area contributed by atoms with Gasteiger partial charge < -0.3 is 10.8 Å². The van der Waals surface area contributed by atoms with Crippen LogP contribution in [0.4, 0.5) is 4.39 Å². The van der Waals surface area contributed by atoms with Gasteiger partial charge in [-0.2, -0.15) is 0 Å². The number of hydrogen-bond donors (Lipinski definition) is 2. The lowest BCUT2D eigenvalue weighted by Crippen LogP contribution is -2.55. The molecule has 1 unspecified atom stereocenters. The Morgan fingerprint density at radius 2 is 1.96 bits per heavy atom. The summed E-state index contributed by atoms with van der Waals surface area (Å²) in [5.41, 5.74) is 5.02. The molecule has 1 aromatic carbocycles. The molecule has 2 rings (SSSR count). The van der Waals surface area contributed by atoms with Crippen LogP contribution in [-0.4, -0.2) is 48.2 Å². The predicted molar refractivity (Wildman–Crippen MR) is 97.5 cm³/mol. The summed E-state index contributed by atoms with van der Waals surface area (Å²) in [6, 6.07) is 4.65. The van der Waals surface area contributed by atoms with Crippen LogP contribution in [0.15, 0.2) is 18.2 Å². The van der Waals surface area contributed by atoms with Crippen LogP contribution in [0.1, 0.15) is 43.7 Å². The lowest BCUT2D eigenvalue weighted by molar-refractivity contribution is -0.138. The number of aryl methyl sites for hydroxylation is 1. The van der Waals surface area contributed by atoms with E-state index in [-0.39, 0.29) is 24.8 Å². The minimum absolute atomic E-state index is 0.155. The van der Waals surface area contributed by atoms with Crippen LogP contribution in [-0.2, 0) is 14.8 Å². The van der Waals surface area contributed by atoms with Crippen LogP contribution < -0.4 is 5.73 Å². The quantitative estimate of drug-likeness (QED) is 0.774. The van der Waals surface area contributed by atoms with E-state index < -0.39 is 33.2 Å². The Bertz CT molecular complexity index is 773. The Hall–Kier alpha value is -1.51. The molecule has 1 fully saturated rings. The number of carbonyl (C=O) groups excluding carboxylic acids is 1. The highest BCUT2D eigenvalue weighted by atomic mass is 32.2. The topological polar surface area (TPSA) is 101 Å². The molecule has 1 aliphatic heterocycles. The number of hydrogen-bond acceptors (Lipinski definition) is 4. The molecular weight excluding hydrogens is 359 g/mol. The standard InChI is InChI=1S/C18H27FN2O4S/c1-12(2)18(23,17(20)22)11-26(24,25)21-8-6-14(7-9-21)16-5-4-15(19)10-13(16)3/h4-5,10,12,14,23H,6-9,11H2,1-3H3,(H2,20,22). The van der Waals surface area contributed by atoms with Gasteiger partial charge in [0.15, 0.2) is 5.60 Å². The molecule has 1 heterocycles. The summed E-state index contributed by atoms with van der Waals surface area (Å²) in [5, 5.41) is 10.4. The fourth-order valence-corrected chi connectivity index (χ4v) is 5.42. The summed E-state index contributed by atoms with van der Waals surface area (Å²) in [7, 11) is -3.83. The second-order valence-electron chi connectivity index (χ2n) is 7.37. The van der Waals surface area contributed by atoms with Crippen LogP contribution in [0.25, 0.3) is 0 Å². The van der Waals surface area contributed by atoms with Gasteiger partial charge >= 0.3 is 0 Å². The van der Waals surface area contributed by atoms with Gasteiger partial charge in [0.05, 0.1) is 0 Å². The van der Waals surface area contributed by atoms with Crippen molar-refractivity contribution in [3.8, 4) is 0 Å². The van der Waals surface area contributed by atoms with E-state index in [0.717, 1.165) is 11.1 Å². The second kappa shape index (κ2) is 7.62. The summed E-state index contributed by atoms with van der Waals surface area (Å²) in [4.78, 5) is 11.6. The molecule has 1 amide bonds. The van der Waals surface area contributed by atoms with Crippen LogP contribution in [0, 0.1) is 18.7 Å². The van der Waals surface area contributed by atoms with E-state index in [4.69, 9.17) is 5.73 Å². The van der Waals surface area contributed by atoms with Gasteiger partial charge in [-0.3, -0.25) is 4.79 Å². The van der Waals surface area contributed by atoms with Crippen LogP contribution in [0.3, 0.4) is 0 Å². The van der Waals surface area contributed by atoms with E-state index in [0.29, 0.717) is 12.8 Å². The maximum absolute atomic E-state index is 13.3. The van der Waals surface area contributed by atoms with Gasteiger partial charge in [-0.1, -0.05) is 19.9 Å². The van der Waals surface area contributed by atoms with Crippen LogP contribution >= 0.6 is 0 Å². The SMILES string of the molecule is Cc1cc(F)ccc1C1CCN(S(=O)(=O)CC(O)(C(N)=O)C(C)C)CC1. The molecule has 146 valence electrons. The highest BCUT2D eigenvalue weighted by Gasteiger charge is 2.44. The maximum atomic E-state index is 13.3. The van der Waals surface area contributed by atoms with Gasteiger partial charge in [0.1, 0.15) is 11.6 Å².